The number of aromatic amines is 1. The van der Waals surface area contributed by atoms with E-state index in [0.717, 1.165) is 17.3 Å². The number of nitrogens with zero attached hydrogens (tertiary/aromatic N) is 2. The van der Waals surface area contributed by atoms with E-state index in [4.69, 9.17) is 0 Å². The smallest absolute Gasteiger partial charge is 0.264 e. The highest BCUT2D eigenvalue weighted by molar-refractivity contribution is 5.94. The summed E-state index contributed by atoms with van der Waals surface area (Å²) in [7, 11) is 0. The summed E-state index contributed by atoms with van der Waals surface area (Å²) in [6.07, 6.45) is 1.10. The number of H-pyrrole nitrogens is 1. The molecule has 0 aliphatic carbocycles. The van der Waals surface area contributed by atoms with Gasteiger partial charge in [0.05, 0.1) is 5.52 Å². The first-order chi connectivity index (χ1) is 8.22. The van der Waals surface area contributed by atoms with Crippen LogP contribution >= 0.6 is 0 Å². The molecule has 17 heavy (non-hydrogen) atoms. The Kier molecular flexibility index (Phi) is 3.18. The van der Waals surface area contributed by atoms with Gasteiger partial charge in [-0.2, -0.15) is 0 Å². The fraction of sp³-hybridized carbons (Fsp3) is 0.250. The standard InChI is InChI=1S/C12H13N3O2/c1-2-5-10(16)14-15-11-8-6-3-4-7-9(8)13-12(11)17/h3-4,6-7,13,17H,2,5H2,1H3. The zero-order valence-corrected chi connectivity index (χ0v) is 9.47. The summed E-state index contributed by atoms with van der Waals surface area (Å²) in [5.41, 5.74) is 1.08. The molecule has 0 saturated carbocycles. The van der Waals surface area contributed by atoms with Gasteiger partial charge in [0.2, 0.25) is 5.88 Å². The van der Waals surface area contributed by atoms with Gasteiger partial charge in [0, 0.05) is 11.8 Å². The minimum absolute atomic E-state index is 0.0701. The number of amides is 1. The predicted molar refractivity (Wildman–Crippen MR) is 64.4 cm³/mol. The molecule has 0 atom stereocenters. The van der Waals surface area contributed by atoms with Crippen LogP contribution in [0.15, 0.2) is 34.5 Å². The molecule has 5 heteroatoms. The molecule has 0 saturated heterocycles. The quantitative estimate of drug-likeness (QED) is 0.795. The molecule has 2 N–H and O–H groups in total. The summed E-state index contributed by atoms with van der Waals surface area (Å²) in [6.45, 7) is 1.90. The van der Waals surface area contributed by atoms with Gasteiger partial charge in [0.25, 0.3) is 5.91 Å². The molecule has 5 nitrogen and oxygen atoms in total. The van der Waals surface area contributed by atoms with Gasteiger partial charge in [-0.25, -0.2) is 0 Å². The first kappa shape index (κ1) is 11.3. The van der Waals surface area contributed by atoms with Crippen LogP contribution < -0.4 is 0 Å². The molecule has 0 bridgehead atoms. The molecule has 1 aromatic heterocycles. The molecular weight excluding hydrogens is 218 g/mol. The number of azo groups is 1. The fourth-order valence-electron chi connectivity index (χ4n) is 1.58. The van der Waals surface area contributed by atoms with Gasteiger partial charge in [-0.05, 0) is 12.5 Å². The lowest BCUT2D eigenvalue weighted by molar-refractivity contribution is -0.118. The minimum Gasteiger partial charge on any atom is -0.493 e. The van der Waals surface area contributed by atoms with Gasteiger partial charge < -0.3 is 10.1 Å². The van der Waals surface area contributed by atoms with E-state index < -0.39 is 0 Å². The molecule has 88 valence electrons. The van der Waals surface area contributed by atoms with Gasteiger partial charge in [0.15, 0.2) is 5.69 Å². The molecule has 0 spiro atoms. The maximum absolute atomic E-state index is 11.2. The normalized spacial score (nSPS) is 11.4. The summed E-state index contributed by atoms with van der Waals surface area (Å²) >= 11 is 0. The van der Waals surface area contributed by atoms with Gasteiger partial charge in [0.1, 0.15) is 0 Å². The van der Waals surface area contributed by atoms with E-state index in [0.29, 0.717) is 12.1 Å². The average Bonchev–Trinajstić information content (AvgIpc) is 2.62. The van der Waals surface area contributed by atoms with Gasteiger partial charge in [-0.3, -0.25) is 4.79 Å². The summed E-state index contributed by atoms with van der Waals surface area (Å²) in [4.78, 5) is 14.0. The van der Waals surface area contributed by atoms with E-state index in [1.807, 2.05) is 31.2 Å². The molecule has 0 unspecified atom stereocenters. The van der Waals surface area contributed by atoms with Crippen LogP contribution in [0.2, 0.25) is 0 Å². The van der Waals surface area contributed by atoms with Crippen LogP contribution in [0.4, 0.5) is 5.69 Å². The van der Waals surface area contributed by atoms with Crippen LogP contribution in [-0.4, -0.2) is 16.0 Å². The number of aromatic nitrogens is 1. The van der Waals surface area contributed by atoms with Crippen molar-refractivity contribution in [2.45, 2.75) is 19.8 Å². The predicted octanol–water partition coefficient (Wildman–Crippen LogP) is 3.28. The van der Waals surface area contributed by atoms with Crippen molar-refractivity contribution in [3.8, 4) is 5.88 Å². The number of para-hydroxylation sites is 1. The Bertz CT molecular complexity index is 572. The van der Waals surface area contributed by atoms with Crippen molar-refractivity contribution in [2.75, 3.05) is 0 Å². The number of rotatable bonds is 3. The molecule has 1 heterocycles. The lowest BCUT2D eigenvalue weighted by Crippen LogP contribution is -1.88. The number of hydrogen-bond donors (Lipinski definition) is 2. The Hall–Kier alpha value is -2.17. The highest BCUT2D eigenvalue weighted by atomic mass is 16.3. The topological polar surface area (TPSA) is 77.8 Å². The Morgan fingerprint density at radius 2 is 2.18 bits per heavy atom. The third-order valence-electron chi connectivity index (χ3n) is 2.38. The Balaban J connectivity index is 2.35. The Labute approximate surface area is 98.2 Å². The third-order valence-corrected chi connectivity index (χ3v) is 2.38. The lowest BCUT2D eigenvalue weighted by Gasteiger charge is -1.91. The van der Waals surface area contributed by atoms with Crippen LogP contribution in [0, 0.1) is 0 Å². The summed E-state index contributed by atoms with van der Waals surface area (Å²) in [6, 6.07) is 7.32. The SMILES string of the molecule is CCCC(=O)N=Nc1c(O)[nH]c2ccccc12. The van der Waals surface area contributed by atoms with Crippen molar-refractivity contribution < 1.29 is 9.90 Å². The minimum atomic E-state index is -0.280. The second kappa shape index (κ2) is 4.78. The van der Waals surface area contributed by atoms with E-state index in [1.165, 1.54) is 0 Å². The number of nitrogens with one attached hydrogen (secondary N) is 1. The summed E-state index contributed by atoms with van der Waals surface area (Å²) in [5, 5.41) is 17.8. The number of carbonyl (C=O) groups excluding carboxylic acids is 1. The highest BCUT2D eigenvalue weighted by Gasteiger charge is 2.09. The zero-order chi connectivity index (χ0) is 12.3. The van der Waals surface area contributed by atoms with Crippen molar-refractivity contribution in [1.82, 2.24) is 4.98 Å². The molecule has 0 fully saturated rings. The molecule has 2 aromatic rings. The van der Waals surface area contributed by atoms with Crippen molar-refractivity contribution in [1.29, 1.82) is 0 Å². The lowest BCUT2D eigenvalue weighted by atomic mass is 10.2. The third kappa shape index (κ3) is 2.33. The van der Waals surface area contributed by atoms with Crippen LogP contribution in [0.3, 0.4) is 0 Å². The second-order valence-corrected chi connectivity index (χ2v) is 3.71. The van der Waals surface area contributed by atoms with Gasteiger partial charge >= 0.3 is 0 Å². The number of benzene rings is 1. The van der Waals surface area contributed by atoms with Crippen LogP contribution in [0.25, 0.3) is 10.9 Å². The van der Waals surface area contributed by atoms with E-state index in [1.54, 1.807) is 0 Å². The second-order valence-electron chi connectivity index (χ2n) is 3.71. The summed E-state index contributed by atoms with van der Waals surface area (Å²) in [5.74, 6) is -0.351. The molecule has 0 radical (unpaired) electrons. The van der Waals surface area contributed by atoms with Crippen molar-refractivity contribution in [3.63, 3.8) is 0 Å². The van der Waals surface area contributed by atoms with Crippen LogP contribution in [-0.2, 0) is 4.79 Å². The van der Waals surface area contributed by atoms with E-state index in [9.17, 15) is 9.90 Å². The summed E-state index contributed by atoms with van der Waals surface area (Å²) < 4.78 is 0. The van der Waals surface area contributed by atoms with Crippen LogP contribution in [0.1, 0.15) is 19.8 Å². The zero-order valence-electron chi connectivity index (χ0n) is 9.47. The Morgan fingerprint density at radius 3 is 2.94 bits per heavy atom. The van der Waals surface area contributed by atoms with Crippen molar-refractivity contribution in [3.05, 3.63) is 24.3 Å². The molecule has 0 aliphatic heterocycles. The molecule has 0 aliphatic rings. The average molecular weight is 231 g/mol. The maximum atomic E-state index is 11.2. The van der Waals surface area contributed by atoms with E-state index in [-0.39, 0.29) is 11.8 Å². The molecule has 1 aromatic carbocycles. The van der Waals surface area contributed by atoms with Crippen molar-refractivity contribution >= 4 is 22.5 Å². The first-order valence-corrected chi connectivity index (χ1v) is 5.46. The maximum Gasteiger partial charge on any atom is 0.264 e. The van der Waals surface area contributed by atoms with Gasteiger partial charge in [-0.1, -0.05) is 25.1 Å². The van der Waals surface area contributed by atoms with Gasteiger partial charge in [-0.15, -0.1) is 10.2 Å². The number of hydrogen-bond acceptors (Lipinski definition) is 3. The number of carbonyl (C=O) groups is 1. The molecule has 2 rings (SSSR count). The van der Waals surface area contributed by atoms with Crippen molar-refractivity contribution in [2.24, 2.45) is 10.2 Å². The first-order valence-electron chi connectivity index (χ1n) is 5.46. The van der Waals surface area contributed by atoms with E-state index in [2.05, 4.69) is 15.2 Å². The van der Waals surface area contributed by atoms with Crippen LogP contribution in [0.5, 0.6) is 5.88 Å². The highest BCUT2D eigenvalue weighted by Crippen LogP contribution is 2.35. The monoisotopic (exact) mass is 231 g/mol. The Morgan fingerprint density at radius 1 is 1.41 bits per heavy atom. The number of fused-ring (bicyclic) bond motifs is 1. The fourth-order valence-corrected chi connectivity index (χ4v) is 1.58. The molecular formula is C12H13N3O2. The number of aromatic hydroxyl groups is 1. The largest absolute Gasteiger partial charge is 0.493 e. The molecule has 1 amide bonds. The van der Waals surface area contributed by atoms with E-state index >= 15 is 0 Å².